The molecule has 2 unspecified atom stereocenters. The zero-order valence-electron chi connectivity index (χ0n) is 9.69. The average molecular weight is 274 g/mol. The zero-order chi connectivity index (χ0) is 12.3. The first-order valence-corrected chi connectivity index (χ1v) is 7.28. The average Bonchev–Trinajstić information content (AvgIpc) is 2.72. The molecule has 17 heavy (non-hydrogen) atoms. The standard InChI is InChI=1S/C11H16ClN3OS/c1-17-11-14-9(12)5-10(15-11)13-6-7-2-3-8(16)4-7/h5,7-8,16H,2-4,6H2,1H3,(H,13,14,15). The molecule has 4 nitrogen and oxygen atoms in total. The molecule has 94 valence electrons. The summed E-state index contributed by atoms with van der Waals surface area (Å²) in [5.74, 6) is 1.28. The number of hydrogen-bond acceptors (Lipinski definition) is 5. The third-order valence-electron chi connectivity index (χ3n) is 2.94. The van der Waals surface area contributed by atoms with E-state index in [0.717, 1.165) is 31.6 Å². The van der Waals surface area contributed by atoms with Crippen molar-refractivity contribution in [1.82, 2.24) is 9.97 Å². The quantitative estimate of drug-likeness (QED) is 0.501. The number of aliphatic hydroxyl groups excluding tert-OH is 1. The number of aromatic nitrogens is 2. The minimum Gasteiger partial charge on any atom is -0.393 e. The first-order chi connectivity index (χ1) is 8.17. The second kappa shape index (κ2) is 5.89. The second-order valence-corrected chi connectivity index (χ2v) is 5.44. The molecule has 1 aliphatic rings. The van der Waals surface area contributed by atoms with Crippen LogP contribution in [0.5, 0.6) is 0 Å². The molecule has 1 heterocycles. The predicted octanol–water partition coefficient (Wildman–Crippen LogP) is 2.42. The Morgan fingerprint density at radius 2 is 2.35 bits per heavy atom. The van der Waals surface area contributed by atoms with Gasteiger partial charge >= 0.3 is 0 Å². The van der Waals surface area contributed by atoms with E-state index in [1.54, 1.807) is 6.07 Å². The molecule has 1 aromatic heterocycles. The first-order valence-electron chi connectivity index (χ1n) is 5.68. The highest BCUT2D eigenvalue weighted by Crippen LogP contribution is 2.26. The Kier molecular flexibility index (Phi) is 4.48. The lowest BCUT2D eigenvalue weighted by atomic mass is 10.1. The molecular formula is C11H16ClN3OS. The van der Waals surface area contributed by atoms with Gasteiger partial charge in [-0.15, -0.1) is 0 Å². The van der Waals surface area contributed by atoms with Crippen molar-refractivity contribution in [2.45, 2.75) is 30.5 Å². The maximum atomic E-state index is 9.45. The van der Waals surface area contributed by atoms with Crippen molar-refractivity contribution < 1.29 is 5.11 Å². The largest absolute Gasteiger partial charge is 0.393 e. The van der Waals surface area contributed by atoms with Crippen molar-refractivity contribution in [3.8, 4) is 0 Å². The summed E-state index contributed by atoms with van der Waals surface area (Å²) in [4.78, 5) is 8.41. The van der Waals surface area contributed by atoms with Gasteiger partial charge in [0, 0.05) is 12.6 Å². The molecule has 0 aromatic carbocycles. The lowest BCUT2D eigenvalue weighted by Crippen LogP contribution is -2.13. The van der Waals surface area contributed by atoms with Crippen molar-refractivity contribution >= 4 is 29.2 Å². The first kappa shape index (κ1) is 12.9. The smallest absolute Gasteiger partial charge is 0.190 e. The molecule has 1 aromatic rings. The van der Waals surface area contributed by atoms with E-state index in [-0.39, 0.29) is 6.10 Å². The number of hydrogen-bond donors (Lipinski definition) is 2. The van der Waals surface area contributed by atoms with E-state index in [2.05, 4.69) is 15.3 Å². The molecule has 6 heteroatoms. The van der Waals surface area contributed by atoms with E-state index in [1.165, 1.54) is 11.8 Å². The summed E-state index contributed by atoms with van der Waals surface area (Å²) in [7, 11) is 0. The molecule has 1 saturated carbocycles. The molecule has 2 N–H and O–H groups in total. The Morgan fingerprint density at radius 3 is 3.00 bits per heavy atom. The summed E-state index contributed by atoms with van der Waals surface area (Å²) >= 11 is 7.37. The minimum absolute atomic E-state index is 0.127. The Balaban J connectivity index is 1.92. The number of nitrogens with zero attached hydrogens (tertiary/aromatic N) is 2. The van der Waals surface area contributed by atoms with Gasteiger partial charge in [-0.05, 0) is 31.4 Å². The van der Waals surface area contributed by atoms with Crippen molar-refractivity contribution in [2.24, 2.45) is 5.92 Å². The molecule has 1 aliphatic carbocycles. The van der Waals surface area contributed by atoms with E-state index in [4.69, 9.17) is 11.6 Å². The van der Waals surface area contributed by atoms with Crippen LogP contribution < -0.4 is 5.32 Å². The molecule has 0 aliphatic heterocycles. The van der Waals surface area contributed by atoms with Gasteiger partial charge in [0.15, 0.2) is 5.16 Å². The summed E-state index contributed by atoms with van der Waals surface area (Å²) in [6, 6.07) is 1.73. The number of nitrogens with one attached hydrogen (secondary N) is 1. The zero-order valence-corrected chi connectivity index (χ0v) is 11.3. The lowest BCUT2D eigenvalue weighted by Gasteiger charge is -2.11. The molecule has 1 fully saturated rings. The Labute approximate surface area is 110 Å². The van der Waals surface area contributed by atoms with E-state index in [9.17, 15) is 5.11 Å². The fourth-order valence-electron chi connectivity index (χ4n) is 2.06. The number of aliphatic hydroxyl groups is 1. The Morgan fingerprint density at radius 1 is 1.53 bits per heavy atom. The highest BCUT2D eigenvalue weighted by molar-refractivity contribution is 7.98. The van der Waals surface area contributed by atoms with E-state index in [0.29, 0.717) is 16.2 Å². The summed E-state index contributed by atoms with van der Waals surface area (Å²) in [5.41, 5.74) is 0. The summed E-state index contributed by atoms with van der Waals surface area (Å²) in [6.45, 7) is 0.832. The van der Waals surface area contributed by atoms with Crippen LogP contribution in [0, 0.1) is 5.92 Å². The third kappa shape index (κ3) is 3.72. The lowest BCUT2D eigenvalue weighted by molar-refractivity contribution is 0.178. The topological polar surface area (TPSA) is 58.0 Å². The van der Waals surface area contributed by atoms with Gasteiger partial charge in [0.05, 0.1) is 6.10 Å². The van der Waals surface area contributed by atoms with Gasteiger partial charge in [0.1, 0.15) is 11.0 Å². The fourth-order valence-corrected chi connectivity index (χ4v) is 2.67. The molecule has 0 radical (unpaired) electrons. The van der Waals surface area contributed by atoms with Crippen molar-refractivity contribution in [3.63, 3.8) is 0 Å². The molecule has 0 saturated heterocycles. The van der Waals surface area contributed by atoms with Gasteiger partial charge in [-0.1, -0.05) is 23.4 Å². The van der Waals surface area contributed by atoms with Gasteiger partial charge in [-0.3, -0.25) is 0 Å². The van der Waals surface area contributed by atoms with E-state index < -0.39 is 0 Å². The highest BCUT2D eigenvalue weighted by atomic mass is 35.5. The Bertz CT molecular complexity index is 391. The maximum absolute atomic E-state index is 9.45. The summed E-state index contributed by atoms with van der Waals surface area (Å²) < 4.78 is 0. The third-order valence-corrected chi connectivity index (χ3v) is 3.68. The molecular weight excluding hydrogens is 258 g/mol. The number of rotatable bonds is 4. The van der Waals surface area contributed by atoms with Gasteiger partial charge in [0.2, 0.25) is 0 Å². The number of anilines is 1. The van der Waals surface area contributed by atoms with Gasteiger partial charge in [-0.2, -0.15) is 0 Å². The number of halogens is 1. The van der Waals surface area contributed by atoms with Crippen LogP contribution in [-0.4, -0.2) is 34.0 Å². The molecule has 0 amide bonds. The van der Waals surface area contributed by atoms with Crippen LogP contribution in [0.1, 0.15) is 19.3 Å². The molecule has 2 rings (SSSR count). The maximum Gasteiger partial charge on any atom is 0.190 e. The van der Waals surface area contributed by atoms with E-state index >= 15 is 0 Å². The van der Waals surface area contributed by atoms with Crippen molar-refractivity contribution in [1.29, 1.82) is 0 Å². The fraction of sp³-hybridized carbons (Fsp3) is 0.636. The SMILES string of the molecule is CSc1nc(Cl)cc(NCC2CCC(O)C2)n1. The van der Waals surface area contributed by atoms with E-state index in [1.807, 2.05) is 6.26 Å². The molecule has 0 bridgehead atoms. The van der Waals surface area contributed by atoms with Gasteiger partial charge in [0.25, 0.3) is 0 Å². The normalized spacial score (nSPS) is 23.9. The van der Waals surface area contributed by atoms with Crippen LogP contribution in [-0.2, 0) is 0 Å². The molecule has 2 atom stereocenters. The summed E-state index contributed by atoms with van der Waals surface area (Å²) in [6.07, 6.45) is 4.65. The van der Waals surface area contributed by atoms with Crippen LogP contribution in [0.3, 0.4) is 0 Å². The number of thioether (sulfide) groups is 1. The second-order valence-electron chi connectivity index (χ2n) is 4.28. The monoisotopic (exact) mass is 273 g/mol. The minimum atomic E-state index is -0.127. The van der Waals surface area contributed by atoms with Crippen LogP contribution in [0.15, 0.2) is 11.2 Å². The van der Waals surface area contributed by atoms with Crippen molar-refractivity contribution in [2.75, 3.05) is 18.1 Å². The summed E-state index contributed by atoms with van der Waals surface area (Å²) in [5, 5.41) is 13.8. The van der Waals surface area contributed by atoms with Crippen LogP contribution in [0.2, 0.25) is 5.15 Å². The van der Waals surface area contributed by atoms with Crippen LogP contribution in [0.25, 0.3) is 0 Å². The van der Waals surface area contributed by atoms with Crippen LogP contribution in [0.4, 0.5) is 5.82 Å². The van der Waals surface area contributed by atoms with Crippen molar-refractivity contribution in [3.05, 3.63) is 11.2 Å². The predicted molar refractivity (Wildman–Crippen MR) is 70.7 cm³/mol. The Hall–Kier alpha value is -0.520. The highest BCUT2D eigenvalue weighted by Gasteiger charge is 2.22. The van der Waals surface area contributed by atoms with Crippen LogP contribution >= 0.6 is 23.4 Å². The van der Waals surface area contributed by atoms with Gasteiger partial charge in [-0.25, -0.2) is 9.97 Å². The van der Waals surface area contributed by atoms with Gasteiger partial charge < -0.3 is 10.4 Å². The molecule has 0 spiro atoms.